The summed E-state index contributed by atoms with van der Waals surface area (Å²) in [6.07, 6.45) is 3.08. The van der Waals surface area contributed by atoms with Gasteiger partial charge in [-0.05, 0) is 41.0 Å². The van der Waals surface area contributed by atoms with E-state index in [2.05, 4.69) is 61.5 Å². The summed E-state index contributed by atoms with van der Waals surface area (Å²) in [6.45, 7) is 11.4. The van der Waals surface area contributed by atoms with Crippen molar-refractivity contribution in [1.29, 1.82) is 0 Å². The Labute approximate surface area is 207 Å². The van der Waals surface area contributed by atoms with E-state index in [1.165, 1.54) is 0 Å². The van der Waals surface area contributed by atoms with Crippen molar-refractivity contribution in [3.63, 3.8) is 0 Å². The van der Waals surface area contributed by atoms with Gasteiger partial charge in [0.1, 0.15) is 11.3 Å². The fraction of sp³-hybridized carbons (Fsp3) is 0.379. The van der Waals surface area contributed by atoms with Crippen molar-refractivity contribution in [2.45, 2.75) is 72.3 Å². The molecule has 35 heavy (non-hydrogen) atoms. The number of aromatic carboxylic acids is 1. The summed E-state index contributed by atoms with van der Waals surface area (Å²) in [5.41, 5.74) is 7.04. The zero-order valence-corrected chi connectivity index (χ0v) is 21.2. The van der Waals surface area contributed by atoms with E-state index in [4.69, 9.17) is 4.98 Å². The second kappa shape index (κ2) is 10.4. The van der Waals surface area contributed by atoms with Crippen LogP contribution < -0.4 is 0 Å². The first-order valence-corrected chi connectivity index (χ1v) is 12.5. The lowest BCUT2D eigenvalue weighted by atomic mass is 9.98. The first-order valence-electron chi connectivity index (χ1n) is 12.5. The van der Waals surface area contributed by atoms with Gasteiger partial charge in [0, 0.05) is 13.0 Å². The van der Waals surface area contributed by atoms with Crippen LogP contribution in [0.2, 0.25) is 0 Å². The number of nitrogens with zero attached hydrogens (tertiary/aromatic N) is 4. The van der Waals surface area contributed by atoms with Crippen LogP contribution in [0, 0.1) is 0 Å². The number of fused-ring (bicyclic) bond motifs is 1. The van der Waals surface area contributed by atoms with Crippen LogP contribution in [0.25, 0.3) is 22.2 Å². The van der Waals surface area contributed by atoms with Gasteiger partial charge in [0.25, 0.3) is 0 Å². The summed E-state index contributed by atoms with van der Waals surface area (Å²) < 4.78 is 2.32. The molecule has 0 aliphatic heterocycles. The van der Waals surface area contributed by atoms with Crippen molar-refractivity contribution in [2.75, 3.05) is 0 Å². The van der Waals surface area contributed by atoms with E-state index >= 15 is 0 Å². The highest BCUT2D eigenvalue weighted by Crippen LogP contribution is 2.31. The molecule has 1 N–H and O–H groups in total. The predicted octanol–water partition coefficient (Wildman–Crippen LogP) is 6.83. The SMILES string of the molecule is CCCCc1nc2c(C(C)C)nnc(C(C)C)c2n1Cc1ccc(-c2ccccc2C(=O)O)cc1. The molecule has 0 atom stereocenters. The maximum atomic E-state index is 11.7. The Morgan fingerprint density at radius 1 is 0.943 bits per heavy atom. The minimum atomic E-state index is -0.918. The molecule has 2 heterocycles. The summed E-state index contributed by atoms with van der Waals surface area (Å²) in [5, 5.41) is 18.8. The quantitative estimate of drug-likeness (QED) is 0.290. The average Bonchev–Trinajstić information content (AvgIpc) is 3.20. The van der Waals surface area contributed by atoms with Crippen LogP contribution in [0.15, 0.2) is 48.5 Å². The molecular formula is C29H34N4O2. The zero-order chi connectivity index (χ0) is 25.1. The minimum absolute atomic E-state index is 0.232. The summed E-state index contributed by atoms with van der Waals surface area (Å²) in [6, 6.07) is 15.3. The number of rotatable bonds is 9. The molecule has 0 aliphatic carbocycles. The van der Waals surface area contributed by atoms with Gasteiger partial charge in [0.05, 0.1) is 22.5 Å². The highest BCUT2D eigenvalue weighted by atomic mass is 16.4. The molecule has 2 aromatic carbocycles. The fourth-order valence-electron chi connectivity index (χ4n) is 4.51. The predicted molar refractivity (Wildman–Crippen MR) is 140 cm³/mol. The van der Waals surface area contributed by atoms with Crippen molar-refractivity contribution in [3.8, 4) is 11.1 Å². The first kappa shape index (κ1) is 24.6. The van der Waals surface area contributed by atoms with Crippen LogP contribution in [-0.4, -0.2) is 30.8 Å². The zero-order valence-electron chi connectivity index (χ0n) is 21.2. The van der Waals surface area contributed by atoms with Gasteiger partial charge in [-0.2, -0.15) is 10.2 Å². The molecule has 0 fully saturated rings. The number of aryl methyl sites for hydroxylation is 1. The van der Waals surface area contributed by atoms with Gasteiger partial charge in [-0.1, -0.05) is 83.5 Å². The van der Waals surface area contributed by atoms with Gasteiger partial charge >= 0.3 is 5.97 Å². The molecule has 0 unspecified atom stereocenters. The molecule has 0 saturated carbocycles. The number of imidazole rings is 1. The molecule has 0 bridgehead atoms. The van der Waals surface area contributed by atoms with Gasteiger partial charge < -0.3 is 9.67 Å². The Morgan fingerprint density at radius 2 is 1.60 bits per heavy atom. The maximum Gasteiger partial charge on any atom is 0.336 e. The lowest BCUT2D eigenvalue weighted by molar-refractivity contribution is 0.0697. The van der Waals surface area contributed by atoms with Crippen molar-refractivity contribution in [1.82, 2.24) is 19.7 Å². The van der Waals surface area contributed by atoms with Crippen LogP contribution in [-0.2, 0) is 13.0 Å². The normalized spacial score (nSPS) is 11.6. The average molecular weight is 471 g/mol. The lowest BCUT2D eigenvalue weighted by Gasteiger charge is -2.14. The Hall–Kier alpha value is -3.54. The second-order valence-corrected chi connectivity index (χ2v) is 9.74. The van der Waals surface area contributed by atoms with Crippen LogP contribution in [0.1, 0.15) is 92.4 Å². The fourth-order valence-corrected chi connectivity index (χ4v) is 4.51. The van der Waals surface area contributed by atoms with E-state index in [0.29, 0.717) is 12.1 Å². The number of unbranched alkanes of at least 4 members (excludes halogenated alkanes) is 1. The van der Waals surface area contributed by atoms with Crippen molar-refractivity contribution in [2.24, 2.45) is 0 Å². The van der Waals surface area contributed by atoms with Crippen molar-refractivity contribution in [3.05, 3.63) is 76.9 Å². The Balaban J connectivity index is 1.79. The largest absolute Gasteiger partial charge is 0.478 e. The molecule has 0 radical (unpaired) electrons. The highest BCUT2D eigenvalue weighted by molar-refractivity contribution is 5.96. The molecule has 4 aromatic rings. The standard InChI is InChI=1S/C29H34N4O2/c1-6-7-12-24-30-27-25(18(2)3)31-32-26(19(4)5)28(27)33(24)17-20-13-15-21(16-14-20)22-10-8-9-11-23(22)29(34)35/h8-11,13-16,18-19H,6-7,12,17H2,1-5H3,(H,34,35). The lowest BCUT2D eigenvalue weighted by Crippen LogP contribution is -2.09. The van der Waals surface area contributed by atoms with E-state index in [0.717, 1.165) is 64.2 Å². The summed E-state index contributed by atoms with van der Waals surface area (Å²) >= 11 is 0. The van der Waals surface area contributed by atoms with Gasteiger partial charge in [-0.15, -0.1) is 0 Å². The monoisotopic (exact) mass is 470 g/mol. The number of hydrogen-bond donors (Lipinski definition) is 1. The number of carboxylic acids is 1. The molecule has 0 aliphatic rings. The van der Waals surface area contributed by atoms with Crippen LogP contribution in [0.3, 0.4) is 0 Å². The van der Waals surface area contributed by atoms with Crippen molar-refractivity contribution >= 4 is 17.0 Å². The number of aromatic nitrogens is 4. The Morgan fingerprint density at radius 3 is 2.23 bits per heavy atom. The van der Waals surface area contributed by atoms with E-state index < -0.39 is 5.97 Å². The third kappa shape index (κ3) is 4.97. The van der Waals surface area contributed by atoms with Crippen LogP contribution in [0.4, 0.5) is 0 Å². The molecule has 2 aromatic heterocycles. The number of hydrogen-bond acceptors (Lipinski definition) is 4. The van der Waals surface area contributed by atoms with E-state index in [-0.39, 0.29) is 11.8 Å². The Kier molecular flexibility index (Phi) is 7.29. The van der Waals surface area contributed by atoms with Gasteiger partial charge in [0.15, 0.2) is 0 Å². The number of benzene rings is 2. The third-order valence-corrected chi connectivity index (χ3v) is 6.41. The second-order valence-electron chi connectivity index (χ2n) is 9.74. The molecule has 4 rings (SSSR count). The van der Waals surface area contributed by atoms with E-state index in [1.807, 2.05) is 24.3 Å². The first-order chi connectivity index (χ1) is 16.8. The van der Waals surface area contributed by atoms with Crippen LogP contribution in [0.5, 0.6) is 0 Å². The Bertz CT molecular complexity index is 1340. The molecule has 0 amide bonds. The maximum absolute atomic E-state index is 11.7. The smallest absolute Gasteiger partial charge is 0.336 e. The van der Waals surface area contributed by atoms with Gasteiger partial charge in [-0.3, -0.25) is 0 Å². The summed E-state index contributed by atoms with van der Waals surface area (Å²) in [4.78, 5) is 16.8. The minimum Gasteiger partial charge on any atom is -0.478 e. The molecule has 6 nitrogen and oxygen atoms in total. The van der Waals surface area contributed by atoms with E-state index in [9.17, 15) is 9.90 Å². The topological polar surface area (TPSA) is 80.9 Å². The molecular weight excluding hydrogens is 436 g/mol. The van der Waals surface area contributed by atoms with Crippen LogP contribution >= 0.6 is 0 Å². The van der Waals surface area contributed by atoms with Gasteiger partial charge in [0.2, 0.25) is 0 Å². The summed E-state index contributed by atoms with van der Waals surface area (Å²) in [5.74, 6) is 0.622. The molecule has 6 heteroatoms. The summed E-state index contributed by atoms with van der Waals surface area (Å²) in [7, 11) is 0. The van der Waals surface area contributed by atoms with Gasteiger partial charge in [-0.25, -0.2) is 9.78 Å². The highest BCUT2D eigenvalue weighted by Gasteiger charge is 2.22. The molecule has 0 saturated heterocycles. The van der Waals surface area contributed by atoms with E-state index in [1.54, 1.807) is 12.1 Å². The van der Waals surface area contributed by atoms with Crippen molar-refractivity contribution < 1.29 is 9.90 Å². The molecule has 182 valence electrons. The number of carbonyl (C=O) groups is 1. The molecule has 0 spiro atoms. The number of carboxylic acid groups (broad SMARTS) is 1. The third-order valence-electron chi connectivity index (χ3n) is 6.41.